The first-order chi connectivity index (χ1) is 8.42. The standard InChI is InChI=1S/C12H22N6.4H2O/c1-11(2,9-13-5-6-14-9)17-18-12(3,4)10-15-7-8-16-10;;;;/h5-8H2,1-4H3,(H,13,14)(H,15,16);4*1H2. The number of rotatable bonds is 4. The van der Waals surface area contributed by atoms with Crippen LogP contribution in [0.2, 0.25) is 0 Å². The molecule has 0 spiro atoms. The summed E-state index contributed by atoms with van der Waals surface area (Å²) in [7, 11) is 0. The number of hydrogen-bond acceptors (Lipinski definition) is 6. The molecule has 0 saturated carbocycles. The highest BCUT2D eigenvalue weighted by molar-refractivity contribution is 5.93. The molecule has 0 atom stereocenters. The SMILES string of the molecule is CC(C)(N=NC(C)(C)C1=NCCN1)C1=NCCN1.O.O.O.O. The zero-order valence-electron chi connectivity index (χ0n) is 13.6. The minimum atomic E-state index is -0.396. The van der Waals surface area contributed by atoms with E-state index in [9.17, 15) is 0 Å². The summed E-state index contributed by atoms with van der Waals surface area (Å²) >= 11 is 0. The summed E-state index contributed by atoms with van der Waals surface area (Å²) in [5.41, 5.74) is -0.792. The van der Waals surface area contributed by atoms with Crippen LogP contribution in [0.1, 0.15) is 27.7 Å². The van der Waals surface area contributed by atoms with Crippen LogP contribution in [0.5, 0.6) is 0 Å². The van der Waals surface area contributed by atoms with E-state index >= 15 is 0 Å². The van der Waals surface area contributed by atoms with E-state index in [0.717, 1.165) is 37.9 Å². The molecule has 0 fully saturated rings. The number of azo groups is 1. The fourth-order valence-electron chi connectivity index (χ4n) is 1.96. The Labute approximate surface area is 130 Å². The second kappa shape index (κ2) is 9.41. The van der Waals surface area contributed by atoms with Crippen LogP contribution in [-0.2, 0) is 0 Å². The fraction of sp³-hybridized carbons (Fsp3) is 0.833. The molecule has 22 heavy (non-hydrogen) atoms. The first-order valence-corrected chi connectivity index (χ1v) is 6.43. The number of amidine groups is 2. The lowest BCUT2D eigenvalue weighted by molar-refractivity contribution is 0.552. The number of hydrogen-bond donors (Lipinski definition) is 2. The van der Waals surface area contributed by atoms with Gasteiger partial charge in [0.1, 0.15) is 22.7 Å². The van der Waals surface area contributed by atoms with Crippen molar-refractivity contribution in [1.29, 1.82) is 0 Å². The lowest BCUT2D eigenvalue weighted by Crippen LogP contribution is -2.41. The Bertz CT molecular complexity index is 382. The Kier molecular flexibility index (Phi) is 10.8. The molecule has 0 aromatic heterocycles. The van der Waals surface area contributed by atoms with Crippen LogP contribution < -0.4 is 10.6 Å². The van der Waals surface area contributed by atoms with Gasteiger partial charge in [0, 0.05) is 13.1 Å². The van der Waals surface area contributed by atoms with Crippen molar-refractivity contribution in [3.63, 3.8) is 0 Å². The molecule has 10 N–H and O–H groups in total. The van der Waals surface area contributed by atoms with Crippen LogP contribution >= 0.6 is 0 Å². The molecular weight excluding hydrogens is 292 g/mol. The van der Waals surface area contributed by atoms with Gasteiger partial charge < -0.3 is 32.5 Å². The zero-order chi connectivity index (χ0) is 13.2. The molecule has 0 unspecified atom stereocenters. The van der Waals surface area contributed by atoms with Gasteiger partial charge in [-0.05, 0) is 27.7 Å². The van der Waals surface area contributed by atoms with E-state index in [-0.39, 0.29) is 21.9 Å². The van der Waals surface area contributed by atoms with Gasteiger partial charge in [-0.3, -0.25) is 9.98 Å². The molecule has 0 amide bonds. The highest BCUT2D eigenvalue weighted by Gasteiger charge is 2.31. The first-order valence-electron chi connectivity index (χ1n) is 6.43. The molecule has 0 aliphatic carbocycles. The van der Waals surface area contributed by atoms with E-state index in [2.05, 4.69) is 30.8 Å². The Morgan fingerprint density at radius 2 is 1.05 bits per heavy atom. The minimum absolute atomic E-state index is 0. The van der Waals surface area contributed by atoms with Gasteiger partial charge >= 0.3 is 0 Å². The number of aliphatic imine (C=N–C) groups is 2. The number of nitrogens with one attached hydrogen (secondary N) is 2. The predicted octanol–water partition coefficient (Wildman–Crippen LogP) is -2.30. The first kappa shape index (κ1) is 25.3. The summed E-state index contributed by atoms with van der Waals surface area (Å²) in [6.45, 7) is 11.5. The summed E-state index contributed by atoms with van der Waals surface area (Å²) in [4.78, 5) is 8.82. The topological polar surface area (TPSA) is 200 Å². The van der Waals surface area contributed by atoms with E-state index in [1.165, 1.54) is 0 Å². The molecule has 2 aliphatic heterocycles. The van der Waals surface area contributed by atoms with E-state index in [1.54, 1.807) is 0 Å². The molecule has 0 aromatic rings. The molecule has 2 aliphatic rings. The zero-order valence-corrected chi connectivity index (χ0v) is 13.6. The molecule has 132 valence electrons. The van der Waals surface area contributed by atoms with Gasteiger partial charge in [-0.1, -0.05) is 0 Å². The van der Waals surface area contributed by atoms with Gasteiger partial charge in [0.05, 0.1) is 13.1 Å². The van der Waals surface area contributed by atoms with Crippen molar-refractivity contribution in [2.75, 3.05) is 26.2 Å². The summed E-state index contributed by atoms with van der Waals surface area (Å²) in [5, 5.41) is 15.4. The quantitative estimate of drug-likeness (QED) is 0.548. The van der Waals surface area contributed by atoms with Crippen molar-refractivity contribution >= 4 is 11.7 Å². The smallest absolute Gasteiger partial charge is 0.133 e. The normalized spacial score (nSPS) is 16.9. The molecule has 0 bridgehead atoms. The van der Waals surface area contributed by atoms with Crippen LogP contribution in [-0.4, -0.2) is 70.8 Å². The summed E-state index contributed by atoms with van der Waals surface area (Å²) in [5.74, 6) is 1.84. The van der Waals surface area contributed by atoms with Crippen molar-refractivity contribution in [3.8, 4) is 0 Å². The largest absolute Gasteiger partial charge is 0.412 e. The number of nitrogens with zero attached hydrogens (tertiary/aromatic N) is 4. The maximum absolute atomic E-state index is 4.47. The third-order valence-corrected chi connectivity index (χ3v) is 3.06. The molecular formula is C12H30N6O4. The molecule has 0 aromatic carbocycles. The second-order valence-corrected chi connectivity index (χ2v) is 5.63. The highest BCUT2D eigenvalue weighted by atomic mass is 16.0. The van der Waals surface area contributed by atoms with Gasteiger partial charge in [0.15, 0.2) is 0 Å². The summed E-state index contributed by atoms with van der Waals surface area (Å²) in [6, 6.07) is 0. The fourth-order valence-corrected chi connectivity index (χ4v) is 1.96. The van der Waals surface area contributed by atoms with Gasteiger partial charge in [-0.2, -0.15) is 10.2 Å². The summed E-state index contributed by atoms with van der Waals surface area (Å²) in [6.07, 6.45) is 0. The lowest BCUT2D eigenvalue weighted by Gasteiger charge is -2.23. The second-order valence-electron chi connectivity index (χ2n) is 5.63. The molecule has 2 heterocycles. The van der Waals surface area contributed by atoms with Crippen LogP contribution in [0, 0.1) is 0 Å². The van der Waals surface area contributed by atoms with Crippen LogP contribution in [0.3, 0.4) is 0 Å². The van der Waals surface area contributed by atoms with Gasteiger partial charge in [-0.15, -0.1) is 0 Å². The van der Waals surface area contributed by atoms with E-state index in [4.69, 9.17) is 0 Å². The third-order valence-electron chi connectivity index (χ3n) is 3.06. The average Bonchev–Trinajstić information content (AvgIpc) is 2.99. The van der Waals surface area contributed by atoms with Crippen LogP contribution in [0.4, 0.5) is 0 Å². The Morgan fingerprint density at radius 3 is 1.27 bits per heavy atom. The molecule has 2 rings (SSSR count). The van der Waals surface area contributed by atoms with Crippen LogP contribution in [0.15, 0.2) is 20.2 Å². The predicted molar refractivity (Wildman–Crippen MR) is 88.1 cm³/mol. The Morgan fingerprint density at radius 1 is 0.727 bits per heavy atom. The van der Waals surface area contributed by atoms with Gasteiger partial charge in [0.2, 0.25) is 0 Å². The Hall–Kier alpha value is -1.62. The van der Waals surface area contributed by atoms with Crippen LogP contribution in [0.25, 0.3) is 0 Å². The van der Waals surface area contributed by atoms with E-state index < -0.39 is 11.1 Å². The van der Waals surface area contributed by atoms with Crippen molar-refractivity contribution in [2.24, 2.45) is 20.2 Å². The van der Waals surface area contributed by atoms with Gasteiger partial charge in [0.25, 0.3) is 0 Å². The maximum atomic E-state index is 4.47. The molecule has 0 radical (unpaired) electrons. The third kappa shape index (κ3) is 5.64. The molecule has 10 nitrogen and oxygen atoms in total. The monoisotopic (exact) mass is 322 g/mol. The van der Waals surface area contributed by atoms with Gasteiger partial charge in [-0.25, -0.2) is 0 Å². The summed E-state index contributed by atoms with van der Waals surface area (Å²) < 4.78 is 0. The van der Waals surface area contributed by atoms with Crippen molar-refractivity contribution in [1.82, 2.24) is 10.6 Å². The molecule has 0 saturated heterocycles. The maximum Gasteiger partial charge on any atom is 0.133 e. The average molecular weight is 322 g/mol. The Balaban J connectivity index is -0.000000902. The van der Waals surface area contributed by atoms with E-state index in [0.29, 0.717) is 0 Å². The molecule has 10 heteroatoms. The lowest BCUT2D eigenvalue weighted by atomic mass is 10.0. The highest BCUT2D eigenvalue weighted by Crippen LogP contribution is 2.19. The van der Waals surface area contributed by atoms with Crippen molar-refractivity contribution in [3.05, 3.63) is 0 Å². The van der Waals surface area contributed by atoms with Crippen molar-refractivity contribution < 1.29 is 21.9 Å². The minimum Gasteiger partial charge on any atom is -0.412 e. The van der Waals surface area contributed by atoms with Crippen molar-refractivity contribution in [2.45, 2.75) is 38.8 Å². The van der Waals surface area contributed by atoms with E-state index in [1.807, 2.05) is 27.7 Å².